The van der Waals surface area contributed by atoms with Gasteiger partial charge in [-0.1, -0.05) is 27.0 Å². The van der Waals surface area contributed by atoms with Crippen LogP contribution in [0.3, 0.4) is 0 Å². The van der Waals surface area contributed by atoms with Crippen LogP contribution in [0.15, 0.2) is 24.3 Å². The van der Waals surface area contributed by atoms with E-state index in [1.807, 2.05) is 13.8 Å². The fraction of sp³-hybridized carbons (Fsp3) is 0.647. The van der Waals surface area contributed by atoms with Gasteiger partial charge in [0.2, 0.25) is 0 Å². The van der Waals surface area contributed by atoms with Crippen molar-refractivity contribution in [3.63, 3.8) is 0 Å². The maximum atomic E-state index is 11.9. The van der Waals surface area contributed by atoms with Crippen molar-refractivity contribution < 1.29 is 19.1 Å². The lowest BCUT2D eigenvalue weighted by Gasteiger charge is -2.45. The number of ether oxygens (including phenoxy) is 2. The smallest absolute Gasteiger partial charge is 0.333 e. The monoisotopic (exact) mass is 294 g/mol. The number of rotatable bonds is 4. The highest BCUT2D eigenvalue weighted by Crippen LogP contribution is 2.41. The average molecular weight is 294 g/mol. The molecule has 1 aliphatic carbocycles. The molecule has 0 spiro atoms. The molecule has 4 nitrogen and oxygen atoms in total. The second-order valence-corrected chi connectivity index (χ2v) is 6.61. The van der Waals surface area contributed by atoms with Crippen LogP contribution in [0.5, 0.6) is 0 Å². The first-order valence-corrected chi connectivity index (χ1v) is 7.32. The zero-order valence-corrected chi connectivity index (χ0v) is 13.7. The third-order valence-electron chi connectivity index (χ3n) is 3.90. The summed E-state index contributed by atoms with van der Waals surface area (Å²) >= 11 is 0. The van der Waals surface area contributed by atoms with Crippen LogP contribution < -0.4 is 0 Å². The Hall–Kier alpha value is -1.58. The summed E-state index contributed by atoms with van der Waals surface area (Å²) in [5, 5.41) is 0. The van der Waals surface area contributed by atoms with E-state index in [1.165, 1.54) is 0 Å². The van der Waals surface area contributed by atoms with E-state index >= 15 is 0 Å². The van der Waals surface area contributed by atoms with Crippen LogP contribution in [-0.4, -0.2) is 23.6 Å². The Morgan fingerprint density at radius 3 is 2.10 bits per heavy atom. The van der Waals surface area contributed by atoms with Crippen LogP contribution in [0, 0.1) is 11.8 Å². The molecule has 4 unspecified atom stereocenters. The minimum atomic E-state index is -0.835. The van der Waals surface area contributed by atoms with Crippen molar-refractivity contribution in [3.05, 3.63) is 24.3 Å². The summed E-state index contributed by atoms with van der Waals surface area (Å²) in [4.78, 5) is 23.8. The van der Waals surface area contributed by atoms with Gasteiger partial charge in [0.15, 0.2) is 0 Å². The second kappa shape index (κ2) is 6.46. The van der Waals surface area contributed by atoms with Gasteiger partial charge < -0.3 is 9.47 Å². The molecule has 0 bridgehead atoms. The van der Waals surface area contributed by atoms with Crippen molar-refractivity contribution >= 4 is 11.9 Å². The van der Waals surface area contributed by atoms with Gasteiger partial charge in [0.05, 0.1) is 0 Å². The Labute approximate surface area is 127 Å². The molecule has 0 aliphatic heterocycles. The molecule has 1 aliphatic rings. The van der Waals surface area contributed by atoms with Gasteiger partial charge in [-0.25, -0.2) is 9.59 Å². The first-order chi connectivity index (χ1) is 9.56. The van der Waals surface area contributed by atoms with E-state index in [-0.39, 0.29) is 5.92 Å². The lowest BCUT2D eigenvalue weighted by Crippen LogP contribution is -2.53. The summed E-state index contributed by atoms with van der Waals surface area (Å²) in [5.74, 6) is -0.392. The Bertz CT molecular complexity index is 465. The number of carbonyl (C=O) groups is 2. The van der Waals surface area contributed by atoms with E-state index in [4.69, 9.17) is 9.47 Å². The van der Waals surface area contributed by atoms with Crippen LogP contribution in [-0.2, 0) is 19.1 Å². The molecule has 0 radical (unpaired) electrons. The molecule has 21 heavy (non-hydrogen) atoms. The van der Waals surface area contributed by atoms with E-state index in [0.717, 1.165) is 6.42 Å². The molecule has 118 valence electrons. The SMILES string of the molecule is C=C(C)C(=O)OC1C(C)CC(C)CC1(C)OC(=O)C(=C)C. The predicted molar refractivity (Wildman–Crippen MR) is 81.6 cm³/mol. The standard InChI is InChI=1S/C17H26O4/c1-10(2)15(18)20-14-13(6)8-12(5)9-17(14,7)21-16(19)11(3)4/h12-14H,1,3,8-9H2,2,4-7H3. The number of esters is 2. The Morgan fingerprint density at radius 2 is 1.62 bits per heavy atom. The first-order valence-electron chi connectivity index (χ1n) is 7.32. The largest absolute Gasteiger partial charge is 0.454 e. The van der Waals surface area contributed by atoms with Crippen LogP contribution >= 0.6 is 0 Å². The minimum Gasteiger partial charge on any atom is -0.454 e. The molecule has 4 atom stereocenters. The number of carbonyl (C=O) groups excluding carboxylic acids is 2. The Kier molecular flexibility index (Phi) is 5.37. The van der Waals surface area contributed by atoms with Gasteiger partial charge in [0.25, 0.3) is 0 Å². The van der Waals surface area contributed by atoms with Gasteiger partial charge in [-0.2, -0.15) is 0 Å². The average Bonchev–Trinajstić information content (AvgIpc) is 2.32. The second-order valence-electron chi connectivity index (χ2n) is 6.61. The Morgan fingerprint density at radius 1 is 1.10 bits per heavy atom. The van der Waals surface area contributed by atoms with Crippen LogP contribution in [0.4, 0.5) is 0 Å². The maximum Gasteiger partial charge on any atom is 0.333 e. The van der Waals surface area contributed by atoms with E-state index in [0.29, 0.717) is 23.5 Å². The molecular weight excluding hydrogens is 268 g/mol. The fourth-order valence-electron chi connectivity index (χ4n) is 3.11. The van der Waals surface area contributed by atoms with Gasteiger partial charge in [-0.15, -0.1) is 0 Å². The fourth-order valence-corrected chi connectivity index (χ4v) is 3.11. The lowest BCUT2D eigenvalue weighted by atomic mass is 9.72. The van der Waals surface area contributed by atoms with Crippen molar-refractivity contribution in [2.24, 2.45) is 11.8 Å². The van der Waals surface area contributed by atoms with Crippen LogP contribution in [0.2, 0.25) is 0 Å². The van der Waals surface area contributed by atoms with E-state index in [9.17, 15) is 9.59 Å². The Balaban J connectivity index is 3.02. The van der Waals surface area contributed by atoms with Gasteiger partial charge in [0.1, 0.15) is 11.7 Å². The van der Waals surface area contributed by atoms with E-state index < -0.39 is 23.6 Å². The zero-order valence-electron chi connectivity index (χ0n) is 13.7. The summed E-state index contributed by atoms with van der Waals surface area (Å²) in [6.07, 6.45) is 1.11. The van der Waals surface area contributed by atoms with Gasteiger partial charge in [-0.05, 0) is 45.4 Å². The molecule has 0 heterocycles. The summed E-state index contributed by atoms with van der Waals surface area (Å²) in [7, 11) is 0. The van der Waals surface area contributed by atoms with Crippen molar-refractivity contribution in [1.82, 2.24) is 0 Å². The minimum absolute atomic E-state index is 0.111. The summed E-state index contributed by atoms with van der Waals surface area (Å²) < 4.78 is 11.2. The molecule has 1 rings (SSSR count). The summed E-state index contributed by atoms with van der Waals surface area (Å²) in [5.41, 5.74) is -0.153. The molecule has 0 aromatic rings. The van der Waals surface area contributed by atoms with Gasteiger partial charge >= 0.3 is 11.9 Å². The third kappa shape index (κ3) is 4.19. The molecule has 0 N–H and O–H groups in total. The highest BCUT2D eigenvalue weighted by Gasteiger charge is 2.48. The van der Waals surface area contributed by atoms with Crippen LogP contribution in [0.1, 0.15) is 47.5 Å². The van der Waals surface area contributed by atoms with E-state index in [1.54, 1.807) is 13.8 Å². The van der Waals surface area contributed by atoms with Gasteiger partial charge in [0, 0.05) is 11.1 Å². The normalized spacial score (nSPS) is 32.1. The van der Waals surface area contributed by atoms with Crippen molar-refractivity contribution in [1.29, 1.82) is 0 Å². The van der Waals surface area contributed by atoms with E-state index in [2.05, 4.69) is 20.1 Å². The molecular formula is C17H26O4. The lowest BCUT2D eigenvalue weighted by molar-refractivity contribution is -0.196. The highest BCUT2D eigenvalue weighted by atomic mass is 16.6. The summed E-state index contributed by atoms with van der Waals surface area (Å²) in [6, 6.07) is 0. The van der Waals surface area contributed by atoms with Crippen LogP contribution in [0.25, 0.3) is 0 Å². The quantitative estimate of drug-likeness (QED) is 0.589. The molecule has 1 saturated carbocycles. The zero-order chi connectivity index (χ0) is 16.4. The number of hydrogen-bond donors (Lipinski definition) is 0. The first kappa shape index (κ1) is 17.5. The highest BCUT2D eigenvalue weighted by molar-refractivity contribution is 5.88. The van der Waals surface area contributed by atoms with Crippen molar-refractivity contribution in [2.75, 3.05) is 0 Å². The molecule has 0 aromatic heterocycles. The molecule has 0 amide bonds. The van der Waals surface area contributed by atoms with Gasteiger partial charge in [-0.3, -0.25) is 0 Å². The number of hydrogen-bond acceptors (Lipinski definition) is 4. The van der Waals surface area contributed by atoms with Crippen molar-refractivity contribution in [3.8, 4) is 0 Å². The van der Waals surface area contributed by atoms with Crippen molar-refractivity contribution in [2.45, 2.75) is 59.2 Å². The molecule has 0 aromatic carbocycles. The topological polar surface area (TPSA) is 52.6 Å². The molecule has 1 fully saturated rings. The maximum absolute atomic E-state index is 11.9. The predicted octanol–water partition coefficient (Wildman–Crippen LogP) is 3.42. The summed E-state index contributed by atoms with van der Waals surface area (Å²) in [6.45, 7) is 16.4. The molecule has 0 saturated heterocycles. The third-order valence-corrected chi connectivity index (χ3v) is 3.90. The molecule has 4 heteroatoms.